The van der Waals surface area contributed by atoms with Gasteiger partial charge < -0.3 is 9.30 Å². The zero-order chi connectivity index (χ0) is 24.8. The summed E-state index contributed by atoms with van der Waals surface area (Å²) in [6, 6.07) is 15.6. The maximum Gasteiger partial charge on any atom is 0.152 e. The van der Waals surface area contributed by atoms with Crippen LogP contribution in [0.15, 0.2) is 42.5 Å². The van der Waals surface area contributed by atoms with E-state index in [0.717, 1.165) is 62.6 Å². The lowest BCUT2D eigenvalue weighted by molar-refractivity contribution is 0.137. The van der Waals surface area contributed by atoms with Crippen LogP contribution < -0.4 is 4.74 Å². The van der Waals surface area contributed by atoms with Gasteiger partial charge in [-0.15, -0.1) is 0 Å². The summed E-state index contributed by atoms with van der Waals surface area (Å²) in [6.07, 6.45) is 7.88. The summed E-state index contributed by atoms with van der Waals surface area (Å²) in [5, 5.41) is 0.656. The maximum atomic E-state index is 6.95. The summed E-state index contributed by atoms with van der Waals surface area (Å²) >= 11 is 6.95. The topological polar surface area (TPSA) is 30.3 Å². The molecule has 3 aromatic rings. The second-order valence-electron chi connectivity index (χ2n) is 9.59. The van der Waals surface area contributed by atoms with Gasteiger partial charge in [0.1, 0.15) is 11.6 Å². The number of nitrogens with zero attached hydrogens (tertiary/aromatic N) is 3. The summed E-state index contributed by atoms with van der Waals surface area (Å²) in [5.41, 5.74) is 6.50. The highest BCUT2D eigenvalue weighted by atomic mass is 35.5. The molecule has 1 saturated heterocycles. The van der Waals surface area contributed by atoms with Gasteiger partial charge in [0, 0.05) is 24.7 Å². The van der Waals surface area contributed by atoms with Crippen LogP contribution in [0.4, 0.5) is 0 Å². The molecule has 0 amide bonds. The molecule has 0 N–H and O–H groups in total. The van der Waals surface area contributed by atoms with E-state index >= 15 is 0 Å². The molecule has 4 rings (SSSR count). The number of hydrogen-bond donors (Lipinski definition) is 0. The van der Waals surface area contributed by atoms with E-state index < -0.39 is 0 Å². The standard InChI is InChI=1S/C30H40ClN3O/c1-5-8-20-34-27(29(31)32-30(34)28-22(6-2)12-11-13-23(28)7-3)21-33-19-10-9-14-26(33)24-15-17-25(35-4)18-16-24/h11-13,15-18,26H,5-10,14,19-21H2,1-4H3. The number of aromatic nitrogens is 2. The van der Waals surface area contributed by atoms with Crippen molar-refractivity contribution in [3.8, 4) is 17.1 Å². The number of aryl methyl sites for hydroxylation is 2. The quantitative estimate of drug-likeness (QED) is 0.288. The highest BCUT2D eigenvalue weighted by Crippen LogP contribution is 2.37. The summed E-state index contributed by atoms with van der Waals surface area (Å²) in [7, 11) is 1.72. The Balaban J connectivity index is 1.73. The average Bonchev–Trinajstić information content (AvgIpc) is 3.21. The highest BCUT2D eigenvalue weighted by molar-refractivity contribution is 6.30. The Morgan fingerprint density at radius 1 is 1.00 bits per heavy atom. The Kier molecular flexibility index (Phi) is 8.91. The van der Waals surface area contributed by atoms with E-state index in [9.17, 15) is 0 Å². The Hall–Kier alpha value is -2.30. The van der Waals surface area contributed by atoms with Crippen molar-refractivity contribution in [1.82, 2.24) is 14.5 Å². The minimum absolute atomic E-state index is 0.387. The lowest BCUT2D eigenvalue weighted by atomic mass is 9.95. The van der Waals surface area contributed by atoms with Crippen LogP contribution in [0.5, 0.6) is 5.75 Å². The minimum atomic E-state index is 0.387. The molecule has 2 heterocycles. The van der Waals surface area contributed by atoms with Gasteiger partial charge in [0.05, 0.1) is 12.8 Å². The van der Waals surface area contributed by atoms with Crippen molar-refractivity contribution in [2.24, 2.45) is 0 Å². The van der Waals surface area contributed by atoms with Crippen LogP contribution in [0.25, 0.3) is 11.4 Å². The van der Waals surface area contributed by atoms with Gasteiger partial charge >= 0.3 is 0 Å². The first kappa shape index (κ1) is 25.8. The molecule has 0 aliphatic carbocycles. The number of benzene rings is 2. The molecule has 1 aromatic heterocycles. The smallest absolute Gasteiger partial charge is 0.152 e. The molecule has 1 aliphatic rings. The number of methoxy groups -OCH3 is 1. The van der Waals surface area contributed by atoms with Gasteiger partial charge in [0.25, 0.3) is 0 Å². The number of piperidine rings is 1. The van der Waals surface area contributed by atoms with E-state index in [4.69, 9.17) is 21.3 Å². The van der Waals surface area contributed by atoms with Crippen molar-refractivity contribution in [1.29, 1.82) is 0 Å². The average molecular weight is 494 g/mol. The van der Waals surface area contributed by atoms with Crippen LogP contribution in [-0.2, 0) is 25.9 Å². The molecule has 35 heavy (non-hydrogen) atoms. The Morgan fingerprint density at radius 3 is 2.34 bits per heavy atom. The lowest BCUT2D eigenvalue weighted by Crippen LogP contribution is -2.33. The third-order valence-corrected chi connectivity index (χ3v) is 7.75. The molecule has 0 saturated carbocycles. The fourth-order valence-electron chi connectivity index (χ4n) is 5.46. The summed E-state index contributed by atoms with van der Waals surface area (Å²) < 4.78 is 7.82. The molecule has 0 radical (unpaired) electrons. The third kappa shape index (κ3) is 5.59. The van der Waals surface area contributed by atoms with Crippen molar-refractivity contribution in [3.63, 3.8) is 0 Å². The molecule has 1 fully saturated rings. The molecular weight excluding hydrogens is 454 g/mol. The van der Waals surface area contributed by atoms with Gasteiger partial charge in [-0.25, -0.2) is 4.98 Å². The lowest BCUT2D eigenvalue weighted by Gasteiger charge is -2.36. The first-order valence-electron chi connectivity index (χ1n) is 13.3. The fraction of sp³-hybridized carbons (Fsp3) is 0.500. The second kappa shape index (κ2) is 12.1. The van der Waals surface area contributed by atoms with E-state index in [1.165, 1.54) is 41.5 Å². The molecule has 4 nitrogen and oxygen atoms in total. The first-order chi connectivity index (χ1) is 17.1. The van der Waals surface area contributed by atoms with Crippen LogP contribution in [0.1, 0.15) is 81.3 Å². The van der Waals surface area contributed by atoms with Crippen LogP contribution in [0, 0.1) is 0 Å². The zero-order valence-electron chi connectivity index (χ0n) is 21.8. The molecule has 0 spiro atoms. The summed E-state index contributed by atoms with van der Waals surface area (Å²) in [6.45, 7) is 9.55. The van der Waals surface area contributed by atoms with Crippen LogP contribution >= 0.6 is 11.6 Å². The van der Waals surface area contributed by atoms with Crippen molar-refractivity contribution >= 4 is 11.6 Å². The number of hydrogen-bond acceptors (Lipinski definition) is 3. The van der Waals surface area contributed by atoms with E-state index in [1.807, 2.05) is 0 Å². The number of ether oxygens (including phenoxy) is 1. The number of unbranched alkanes of at least 4 members (excludes halogenated alkanes) is 1. The predicted octanol–water partition coefficient (Wildman–Crippen LogP) is 7.86. The van der Waals surface area contributed by atoms with Crippen molar-refractivity contribution in [2.45, 2.75) is 84.8 Å². The summed E-state index contributed by atoms with van der Waals surface area (Å²) in [5.74, 6) is 1.95. The van der Waals surface area contributed by atoms with E-state index in [2.05, 4.69) is 72.7 Å². The van der Waals surface area contributed by atoms with Crippen LogP contribution in [0.2, 0.25) is 5.15 Å². The van der Waals surface area contributed by atoms with Gasteiger partial charge in [-0.2, -0.15) is 0 Å². The largest absolute Gasteiger partial charge is 0.497 e. The van der Waals surface area contributed by atoms with Gasteiger partial charge in [-0.3, -0.25) is 4.90 Å². The predicted molar refractivity (Wildman–Crippen MR) is 146 cm³/mol. The SMILES string of the molecule is CCCCn1c(-c2c(CC)cccc2CC)nc(Cl)c1CN1CCCCC1c1ccc(OC)cc1. The molecule has 2 aromatic carbocycles. The number of rotatable bonds is 10. The summed E-state index contributed by atoms with van der Waals surface area (Å²) in [4.78, 5) is 7.63. The molecule has 1 unspecified atom stereocenters. The maximum absolute atomic E-state index is 6.95. The van der Waals surface area contributed by atoms with E-state index in [0.29, 0.717) is 11.2 Å². The monoisotopic (exact) mass is 493 g/mol. The third-order valence-electron chi connectivity index (χ3n) is 7.45. The Bertz CT molecular complexity index is 1080. The number of imidazole rings is 1. The molecule has 5 heteroatoms. The van der Waals surface area contributed by atoms with Gasteiger partial charge in [0.15, 0.2) is 5.15 Å². The second-order valence-corrected chi connectivity index (χ2v) is 9.95. The van der Waals surface area contributed by atoms with Crippen molar-refractivity contribution < 1.29 is 4.74 Å². The number of likely N-dealkylation sites (tertiary alicyclic amines) is 1. The molecule has 1 aliphatic heterocycles. The molecule has 1 atom stereocenters. The zero-order valence-corrected chi connectivity index (χ0v) is 22.6. The van der Waals surface area contributed by atoms with E-state index in [1.54, 1.807) is 7.11 Å². The van der Waals surface area contributed by atoms with E-state index in [-0.39, 0.29) is 0 Å². The van der Waals surface area contributed by atoms with Crippen molar-refractivity contribution in [2.75, 3.05) is 13.7 Å². The molecular formula is C30H40ClN3O. The Labute approximate surface area is 216 Å². The Morgan fingerprint density at radius 2 is 1.71 bits per heavy atom. The van der Waals surface area contributed by atoms with Gasteiger partial charge in [-0.05, 0) is 67.5 Å². The van der Waals surface area contributed by atoms with Crippen LogP contribution in [-0.4, -0.2) is 28.1 Å². The first-order valence-corrected chi connectivity index (χ1v) is 13.7. The number of halogens is 1. The van der Waals surface area contributed by atoms with Crippen LogP contribution in [0.3, 0.4) is 0 Å². The van der Waals surface area contributed by atoms with Gasteiger partial charge in [0.2, 0.25) is 0 Å². The van der Waals surface area contributed by atoms with Gasteiger partial charge in [-0.1, -0.05) is 75.5 Å². The molecule has 188 valence electrons. The fourth-order valence-corrected chi connectivity index (χ4v) is 5.70. The normalized spacial score (nSPS) is 16.5. The minimum Gasteiger partial charge on any atom is -0.497 e. The molecule has 0 bridgehead atoms. The highest BCUT2D eigenvalue weighted by Gasteiger charge is 2.28. The van der Waals surface area contributed by atoms with Crippen molar-refractivity contribution in [3.05, 3.63) is 70.0 Å².